The van der Waals surface area contributed by atoms with Crippen molar-refractivity contribution >= 4 is 29.1 Å². The van der Waals surface area contributed by atoms with Crippen LogP contribution in [0.4, 0.5) is 11.6 Å². The molecule has 37 heavy (non-hydrogen) atoms. The van der Waals surface area contributed by atoms with Gasteiger partial charge in [0.25, 0.3) is 5.91 Å². The van der Waals surface area contributed by atoms with Crippen LogP contribution in [0.2, 0.25) is 5.02 Å². The molecule has 0 saturated carbocycles. The summed E-state index contributed by atoms with van der Waals surface area (Å²) in [5.74, 6) is 0.761. The van der Waals surface area contributed by atoms with Gasteiger partial charge in [-0.1, -0.05) is 41.9 Å². The van der Waals surface area contributed by atoms with Gasteiger partial charge in [0.2, 0.25) is 5.95 Å². The van der Waals surface area contributed by atoms with Crippen molar-refractivity contribution in [3.05, 3.63) is 83.1 Å². The molecule has 0 saturated heterocycles. The molecule has 0 atom stereocenters. The fourth-order valence-corrected chi connectivity index (χ4v) is 4.03. The minimum atomic E-state index is -0.0746. The Bertz CT molecular complexity index is 1370. The molecule has 192 valence electrons. The highest BCUT2D eigenvalue weighted by molar-refractivity contribution is 6.32. The Morgan fingerprint density at radius 1 is 1.11 bits per heavy atom. The molecular weight excluding hydrogens is 488 g/mol. The highest BCUT2D eigenvalue weighted by Crippen LogP contribution is 2.31. The summed E-state index contributed by atoms with van der Waals surface area (Å²) in [6.45, 7) is 8.64. The predicted octanol–water partition coefficient (Wildman–Crippen LogP) is 6.38. The van der Waals surface area contributed by atoms with Crippen molar-refractivity contribution in [3.63, 3.8) is 0 Å². The molecule has 0 aliphatic carbocycles. The monoisotopic (exact) mass is 518 g/mol. The zero-order chi connectivity index (χ0) is 26.5. The molecule has 8 nitrogen and oxygen atoms in total. The van der Waals surface area contributed by atoms with Gasteiger partial charge in [0, 0.05) is 30.4 Å². The molecule has 4 aromatic rings. The fourth-order valence-electron chi connectivity index (χ4n) is 3.84. The molecule has 1 N–H and O–H groups in total. The molecular formula is C28H31ClN6O2. The molecule has 0 aliphatic heterocycles. The number of ether oxygens (including phenoxy) is 1. The minimum Gasteiger partial charge on any atom is -0.495 e. The van der Waals surface area contributed by atoms with E-state index in [4.69, 9.17) is 16.3 Å². The molecule has 0 aliphatic rings. The lowest BCUT2D eigenvalue weighted by Crippen LogP contribution is -2.36. The van der Waals surface area contributed by atoms with Gasteiger partial charge in [0.1, 0.15) is 17.1 Å². The average Bonchev–Trinajstić information content (AvgIpc) is 3.39. The van der Waals surface area contributed by atoms with Crippen molar-refractivity contribution in [2.24, 2.45) is 0 Å². The van der Waals surface area contributed by atoms with Gasteiger partial charge in [-0.05, 0) is 57.5 Å². The van der Waals surface area contributed by atoms with Crippen LogP contribution in [0.25, 0.3) is 11.4 Å². The molecule has 0 radical (unpaired) electrons. The Kier molecular flexibility index (Phi) is 8.08. The number of nitrogens with zero attached hydrogens (tertiary/aromatic N) is 5. The van der Waals surface area contributed by atoms with E-state index in [1.54, 1.807) is 25.3 Å². The van der Waals surface area contributed by atoms with E-state index in [2.05, 4.69) is 20.4 Å². The molecule has 2 aromatic heterocycles. The van der Waals surface area contributed by atoms with Crippen LogP contribution in [0.5, 0.6) is 5.75 Å². The van der Waals surface area contributed by atoms with Crippen LogP contribution >= 0.6 is 11.6 Å². The maximum atomic E-state index is 13.4. The number of nitrogens with one attached hydrogen (secondary N) is 1. The molecule has 0 bridgehead atoms. The highest BCUT2D eigenvalue weighted by atomic mass is 35.5. The molecule has 2 heterocycles. The van der Waals surface area contributed by atoms with Gasteiger partial charge in [0.05, 0.1) is 24.0 Å². The van der Waals surface area contributed by atoms with E-state index in [1.165, 1.54) is 6.20 Å². The Hall–Kier alpha value is -3.91. The zero-order valence-corrected chi connectivity index (χ0v) is 22.4. The quantitative estimate of drug-likeness (QED) is 0.277. The van der Waals surface area contributed by atoms with E-state index in [0.29, 0.717) is 45.9 Å². The van der Waals surface area contributed by atoms with Crippen LogP contribution in [-0.2, 0) is 6.54 Å². The number of benzene rings is 2. The van der Waals surface area contributed by atoms with E-state index in [9.17, 15) is 4.79 Å². The van der Waals surface area contributed by atoms with Crippen LogP contribution in [0.1, 0.15) is 49.7 Å². The molecule has 4 rings (SSSR count). The summed E-state index contributed by atoms with van der Waals surface area (Å²) in [4.78, 5) is 24.1. The second-order valence-corrected chi connectivity index (χ2v) is 9.62. The number of hydrogen-bond donors (Lipinski definition) is 1. The SMILES string of the molecule is COc1cc(C(=O)N(Cc2ccccc2)C(C)C)ccc1Nc1ncc(Cl)c(-c2ccn(C(C)C)n2)n1. The van der Waals surface area contributed by atoms with E-state index >= 15 is 0 Å². The van der Waals surface area contributed by atoms with E-state index in [1.807, 2.05) is 79.9 Å². The Labute approximate surface area is 222 Å². The fraction of sp³-hybridized carbons (Fsp3) is 0.286. The van der Waals surface area contributed by atoms with Gasteiger partial charge in [-0.3, -0.25) is 9.48 Å². The number of methoxy groups -OCH3 is 1. The first-order valence-corrected chi connectivity index (χ1v) is 12.5. The van der Waals surface area contributed by atoms with Crippen LogP contribution < -0.4 is 10.1 Å². The number of hydrogen-bond acceptors (Lipinski definition) is 6. The van der Waals surface area contributed by atoms with Gasteiger partial charge >= 0.3 is 0 Å². The van der Waals surface area contributed by atoms with Gasteiger partial charge in [-0.2, -0.15) is 5.10 Å². The smallest absolute Gasteiger partial charge is 0.254 e. The maximum absolute atomic E-state index is 13.4. The molecule has 2 aromatic carbocycles. The second-order valence-electron chi connectivity index (χ2n) is 9.22. The Morgan fingerprint density at radius 3 is 2.51 bits per heavy atom. The number of rotatable bonds is 9. The molecule has 1 amide bonds. The second kappa shape index (κ2) is 11.4. The van der Waals surface area contributed by atoms with Crippen molar-refractivity contribution < 1.29 is 9.53 Å². The summed E-state index contributed by atoms with van der Waals surface area (Å²) in [6, 6.07) is 17.4. The average molecular weight is 519 g/mol. The first-order valence-electron chi connectivity index (χ1n) is 12.1. The van der Waals surface area contributed by atoms with Crippen molar-refractivity contribution in [3.8, 4) is 17.1 Å². The lowest BCUT2D eigenvalue weighted by molar-refractivity contribution is 0.0690. The summed E-state index contributed by atoms with van der Waals surface area (Å²) in [7, 11) is 1.56. The van der Waals surface area contributed by atoms with E-state index < -0.39 is 0 Å². The number of carbonyl (C=O) groups excluding carboxylic acids is 1. The number of halogens is 1. The van der Waals surface area contributed by atoms with Crippen molar-refractivity contribution in [1.29, 1.82) is 0 Å². The third kappa shape index (κ3) is 6.09. The summed E-state index contributed by atoms with van der Waals surface area (Å²) in [5.41, 5.74) is 3.41. The minimum absolute atomic E-state index is 0.0246. The topological polar surface area (TPSA) is 85.2 Å². The first kappa shape index (κ1) is 26.2. The zero-order valence-electron chi connectivity index (χ0n) is 21.6. The third-order valence-corrected chi connectivity index (χ3v) is 6.18. The van der Waals surface area contributed by atoms with Crippen LogP contribution in [0.3, 0.4) is 0 Å². The van der Waals surface area contributed by atoms with Gasteiger partial charge < -0.3 is 15.0 Å². The van der Waals surface area contributed by atoms with Gasteiger partial charge in [-0.25, -0.2) is 9.97 Å². The Balaban J connectivity index is 1.58. The normalized spacial score (nSPS) is 11.1. The molecule has 0 unspecified atom stereocenters. The van der Waals surface area contributed by atoms with Gasteiger partial charge in [-0.15, -0.1) is 0 Å². The van der Waals surface area contributed by atoms with Gasteiger partial charge in [0.15, 0.2) is 0 Å². The number of amides is 1. The van der Waals surface area contributed by atoms with Crippen LogP contribution in [0.15, 0.2) is 67.0 Å². The van der Waals surface area contributed by atoms with Crippen molar-refractivity contribution in [2.45, 2.75) is 46.3 Å². The molecule has 0 spiro atoms. The highest BCUT2D eigenvalue weighted by Gasteiger charge is 2.21. The maximum Gasteiger partial charge on any atom is 0.254 e. The lowest BCUT2D eigenvalue weighted by Gasteiger charge is -2.27. The number of aromatic nitrogens is 4. The third-order valence-electron chi connectivity index (χ3n) is 5.90. The van der Waals surface area contributed by atoms with Crippen molar-refractivity contribution in [1.82, 2.24) is 24.6 Å². The van der Waals surface area contributed by atoms with Crippen LogP contribution in [-0.4, -0.2) is 43.7 Å². The van der Waals surface area contributed by atoms with E-state index in [0.717, 1.165) is 5.56 Å². The molecule has 0 fully saturated rings. The van der Waals surface area contributed by atoms with Crippen molar-refractivity contribution in [2.75, 3.05) is 12.4 Å². The predicted molar refractivity (Wildman–Crippen MR) is 146 cm³/mol. The molecule has 9 heteroatoms. The lowest BCUT2D eigenvalue weighted by atomic mass is 10.1. The largest absolute Gasteiger partial charge is 0.495 e. The first-order chi connectivity index (χ1) is 17.8. The van der Waals surface area contributed by atoms with Crippen LogP contribution in [0, 0.1) is 0 Å². The summed E-state index contributed by atoms with van der Waals surface area (Å²) < 4.78 is 7.45. The number of anilines is 2. The number of carbonyl (C=O) groups is 1. The standard InChI is InChI=1S/C28H31ClN6O2/c1-18(2)34(17-20-9-7-6-8-10-20)27(36)21-11-12-23(25(15-21)37-5)31-28-30-16-22(29)26(32-28)24-13-14-35(33-24)19(3)4/h6-16,18-19H,17H2,1-5H3,(H,30,31,32). The summed E-state index contributed by atoms with van der Waals surface area (Å²) in [5, 5.41) is 8.15. The summed E-state index contributed by atoms with van der Waals surface area (Å²) in [6.07, 6.45) is 3.43. The van der Waals surface area contributed by atoms with E-state index in [-0.39, 0.29) is 18.0 Å². The summed E-state index contributed by atoms with van der Waals surface area (Å²) >= 11 is 6.38. The Morgan fingerprint density at radius 2 is 1.86 bits per heavy atom.